The molecule has 1 atom stereocenters. The number of para-hydroxylation sites is 1. The van der Waals surface area contributed by atoms with Crippen LogP contribution in [0.5, 0.6) is 0 Å². The molecule has 2 heterocycles. The second kappa shape index (κ2) is 6.16. The zero-order valence-electron chi connectivity index (χ0n) is 13.0. The molecule has 0 unspecified atom stereocenters. The third-order valence-electron chi connectivity index (χ3n) is 4.16. The zero-order chi connectivity index (χ0) is 16.4. The molecule has 1 aromatic heterocycles. The van der Waals surface area contributed by atoms with Gasteiger partial charge in [-0.2, -0.15) is 5.10 Å². The Morgan fingerprint density at radius 2 is 1.79 bits per heavy atom. The zero-order valence-corrected chi connectivity index (χ0v) is 13.0. The Hall–Kier alpha value is -3.15. The Morgan fingerprint density at radius 3 is 2.50 bits per heavy atom. The van der Waals surface area contributed by atoms with E-state index < -0.39 is 0 Å². The van der Waals surface area contributed by atoms with Crippen molar-refractivity contribution in [2.24, 2.45) is 0 Å². The number of hydrogen-bond acceptors (Lipinski definition) is 4. The molecule has 1 aliphatic rings. The fourth-order valence-electron chi connectivity index (χ4n) is 2.93. The Balaban J connectivity index is 1.45. The molecule has 120 valence electrons. The van der Waals surface area contributed by atoms with Crippen molar-refractivity contribution in [3.63, 3.8) is 0 Å². The van der Waals surface area contributed by atoms with Gasteiger partial charge in [-0.3, -0.25) is 4.79 Å². The number of nitrogens with one attached hydrogen (secondary N) is 1. The largest absolute Gasteiger partial charge is 0.374 e. The van der Waals surface area contributed by atoms with Gasteiger partial charge in [0.25, 0.3) is 0 Å². The summed E-state index contributed by atoms with van der Waals surface area (Å²) in [6, 6.07) is 17.4. The summed E-state index contributed by atoms with van der Waals surface area (Å²) in [5.41, 5.74) is 2.81. The van der Waals surface area contributed by atoms with E-state index in [1.165, 1.54) is 6.33 Å². The van der Waals surface area contributed by atoms with Crippen LogP contribution < -0.4 is 10.2 Å². The van der Waals surface area contributed by atoms with Crippen LogP contribution in [0.3, 0.4) is 0 Å². The van der Waals surface area contributed by atoms with Crippen molar-refractivity contribution in [2.75, 3.05) is 16.8 Å². The van der Waals surface area contributed by atoms with Crippen molar-refractivity contribution in [1.29, 1.82) is 0 Å². The van der Waals surface area contributed by atoms with E-state index in [9.17, 15) is 4.79 Å². The minimum atomic E-state index is -0.192. The van der Waals surface area contributed by atoms with E-state index in [-0.39, 0.29) is 11.9 Å². The highest BCUT2D eigenvalue weighted by Crippen LogP contribution is 2.23. The molecule has 1 aliphatic heterocycles. The van der Waals surface area contributed by atoms with Gasteiger partial charge in [-0.25, -0.2) is 9.67 Å². The van der Waals surface area contributed by atoms with Crippen molar-refractivity contribution in [1.82, 2.24) is 14.8 Å². The first-order valence-electron chi connectivity index (χ1n) is 7.89. The number of anilines is 2. The molecule has 0 saturated carbocycles. The van der Waals surface area contributed by atoms with E-state index in [1.807, 2.05) is 59.5 Å². The van der Waals surface area contributed by atoms with Crippen molar-refractivity contribution in [2.45, 2.75) is 12.5 Å². The lowest BCUT2D eigenvalue weighted by molar-refractivity contribution is -0.117. The summed E-state index contributed by atoms with van der Waals surface area (Å²) in [7, 11) is 0. The van der Waals surface area contributed by atoms with Gasteiger partial charge in [0, 0.05) is 17.9 Å². The van der Waals surface area contributed by atoms with Crippen LogP contribution in [-0.4, -0.2) is 33.3 Å². The average Bonchev–Trinajstić information content (AvgIpc) is 3.28. The molecule has 4 rings (SSSR count). The molecule has 3 aromatic rings. The second-order valence-electron chi connectivity index (χ2n) is 5.70. The maximum absolute atomic E-state index is 12.6. The first-order valence-corrected chi connectivity index (χ1v) is 7.89. The van der Waals surface area contributed by atoms with Crippen LogP contribution in [-0.2, 0) is 4.79 Å². The van der Waals surface area contributed by atoms with Crippen molar-refractivity contribution in [3.8, 4) is 5.69 Å². The lowest BCUT2D eigenvalue weighted by Crippen LogP contribution is -2.33. The van der Waals surface area contributed by atoms with Crippen LogP contribution in [0.25, 0.3) is 5.69 Å². The van der Waals surface area contributed by atoms with E-state index in [0.717, 1.165) is 30.0 Å². The highest BCUT2D eigenvalue weighted by Gasteiger charge is 2.32. The molecular weight excluding hydrogens is 302 g/mol. The van der Waals surface area contributed by atoms with E-state index >= 15 is 0 Å². The van der Waals surface area contributed by atoms with Crippen molar-refractivity contribution < 1.29 is 4.79 Å². The van der Waals surface area contributed by atoms with Crippen LogP contribution >= 0.6 is 0 Å². The summed E-state index contributed by atoms with van der Waals surface area (Å²) in [6.45, 7) is 0.734. The number of carbonyl (C=O) groups excluding carboxylic acids is 1. The molecule has 0 aliphatic carbocycles. The highest BCUT2D eigenvalue weighted by molar-refractivity contribution is 6.01. The first kappa shape index (κ1) is 14.4. The fourth-order valence-corrected chi connectivity index (χ4v) is 2.93. The third kappa shape index (κ3) is 2.74. The number of hydrogen-bond donors (Lipinski definition) is 1. The van der Waals surface area contributed by atoms with Crippen LogP contribution in [0.2, 0.25) is 0 Å². The second-order valence-corrected chi connectivity index (χ2v) is 5.70. The molecule has 1 saturated heterocycles. The van der Waals surface area contributed by atoms with Gasteiger partial charge in [-0.1, -0.05) is 18.2 Å². The maximum Gasteiger partial charge on any atom is 0.249 e. The molecule has 6 heteroatoms. The monoisotopic (exact) mass is 319 g/mol. The summed E-state index contributed by atoms with van der Waals surface area (Å²) < 4.78 is 1.70. The SMILES string of the molecule is O=C1[C@@H](Nc2ccc(-n3cncn3)cc2)CCN1c1ccccc1. The molecule has 0 radical (unpaired) electrons. The van der Waals surface area contributed by atoms with Crippen LogP contribution in [0, 0.1) is 0 Å². The first-order chi connectivity index (χ1) is 11.8. The molecule has 1 fully saturated rings. The fraction of sp³-hybridized carbons (Fsp3) is 0.167. The molecule has 0 bridgehead atoms. The Labute approximate surface area is 139 Å². The van der Waals surface area contributed by atoms with E-state index in [1.54, 1.807) is 11.0 Å². The van der Waals surface area contributed by atoms with Gasteiger partial charge in [0.15, 0.2) is 0 Å². The topological polar surface area (TPSA) is 63.1 Å². The number of nitrogens with zero attached hydrogens (tertiary/aromatic N) is 4. The van der Waals surface area contributed by atoms with Crippen molar-refractivity contribution in [3.05, 3.63) is 67.3 Å². The molecule has 6 nitrogen and oxygen atoms in total. The summed E-state index contributed by atoms with van der Waals surface area (Å²) in [6.07, 6.45) is 3.95. The predicted molar refractivity (Wildman–Crippen MR) is 92.2 cm³/mol. The van der Waals surface area contributed by atoms with Crippen molar-refractivity contribution >= 4 is 17.3 Å². The number of benzene rings is 2. The summed E-state index contributed by atoms with van der Waals surface area (Å²) >= 11 is 0. The predicted octanol–water partition coefficient (Wildman–Crippen LogP) is 2.48. The Morgan fingerprint density at radius 1 is 1.00 bits per heavy atom. The van der Waals surface area contributed by atoms with Gasteiger partial charge < -0.3 is 10.2 Å². The molecular formula is C18H17N5O. The molecule has 1 N–H and O–H groups in total. The normalized spacial score (nSPS) is 17.2. The molecule has 2 aromatic carbocycles. The quantitative estimate of drug-likeness (QED) is 0.802. The standard InChI is InChI=1S/C18H17N5O/c24-18-17(10-11-22(18)15-4-2-1-3-5-15)21-14-6-8-16(9-7-14)23-13-19-12-20-23/h1-9,12-13,17,21H,10-11H2/t17-/m0/s1. The molecule has 24 heavy (non-hydrogen) atoms. The van der Waals surface area contributed by atoms with Gasteiger partial charge in [-0.05, 0) is 42.8 Å². The maximum atomic E-state index is 12.6. The van der Waals surface area contributed by atoms with Gasteiger partial charge >= 0.3 is 0 Å². The lowest BCUT2D eigenvalue weighted by atomic mass is 10.2. The van der Waals surface area contributed by atoms with Gasteiger partial charge in [0.2, 0.25) is 5.91 Å². The smallest absolute Gasteiger partial charge is 0.249 e. The van der Waals surface area contributed by atoms with Crippen LogP contribution in [0.4, 0.5) is 11.4 Å². The van der Waals surface area contributed by atoms with Gasteiger partial charge in [-0.15, -0.1) is 0 Å². The van der Waals surface area contributed by atoms with Crippen LogP contribution in [0.15, 0.2) is 67.3 Å². The van der Waals surface area contributed by atoms with Gasteiger partial charge in [0.05, 0.1) is 5.69 Å². The van der Waals surface area contributed by atoms with E-state index in [0.29, 0.717) is 0 Å². The summed E-state index contributed by atoms with van der Waals surface area (Å²) in [5, 5.41) is 7.43. The van der Waals surface area contributed by atoms with Crippen LogP contribution in [0.1, 0.15) is 6.42 Å². The highest BCUT2D eigenvalue weighted by atomic mass is 16.2. The Bertz CT molecular complexity index is 814. The average molecular weight is 319 g/mol. The number of rotatable bonds is 4. The lowest BCUT2D eigenvalue weighted by Gasteiger charge is -2.17. The minimum Gasteiger partial charge on any atom is -0.374 e. The van der Waals surface area contributed by atoms with E-state index in [4.69, 9.17) is 0 Å². The molecule has 1 amide bonds. The number of amides is 1. The minimum absolute atomic E-state index is 0.113. The Kier molecular flexibility index (Phi) is 3.70. The summed E-state index contributed by atoms with van der Waals surface area (Å²) in [4.78, 5) is 18.4. The number of carbonyl (C=O) groups is 1. The van der Waals surface area contributed by atoms with E-state index in [2.05, 4.69) is 15.4 Å². The number of aromatic nitrogens is 3. The third-order valence-corrected chi connectivity index (χ3v) is 4.16. The molecule has 0 spiro atoms. The van der Waals surface area contributed by atoms with Gasteiger partial charge in [0.1, 0.15) is 18.7 Å². The summed E-state index contributed by atoms with van der Waals surface area (Å²) in [5.74, 6) is 0.113.